The summed E-state index contributed by atoms with van der Waals surface area (Å²) in [5, 5.41) is 0. The quantitative estimate of drug-likeness (QED) is 0.366. The molecule has 24 heavy (non-hydrogen) atoms. The fourth-order valence-corrected chi connectivity index (χ4v) is 2.54. The molecule has 0 amide bonds. The summed E-state index contributed by atoms with van der Waals surface area (Å²) >= 11 is 0. The van der Waals surface area contributed by atoms with Crippen LogP contribution in [0, 0.1) is 0 Å². The van der Waals surface area contributed by atoms with Gasteiger partial charge in [-0.2, -0.15) is 0 Å². The number of hydrogen-bond donors (Lipinski definition) is 0. The molecule has 2 aromatic rings. The molecule has 3 nitrogen and oxygen atoms in total. The van der Waals surface area contributed by atoms with Gasteiger partial charge in [-0.15, -0.1) is 6.58 Å². The van der Waals surface area contributed by atoms with E-state index < -0.39 is 0 Å². The van der Waals surface area contributed by atoms with E-state index in [1.165, 1.54) is 5.56 Å². The lowest BCUT2D eigenvalue weighted by molar-refractivity contribution is -0.0269. The maximum absolute atomic E-state index is 5.83. The minimum absolute atomic E-state index is 0.129. The smallest absolute Gasteiger partial charge is 0.119 e. The highest BCUT2D eigenvalue weighted by atomic mass is 16.5. The Hall–Kier alpha value is -2.10. The Morgan fingerprint density at radius 1 is 0.958 bits per heavy atom. The van der Waals surface area contributed by atoms with Gasteiger partial charge >= 0.3 is 0 Å². The Kier molecular flexibility index (Phi) is 7.04. The van der Waals surface area contributed by atoms with Crippen LogP contribution < -0.4 is 4.74 Å². The van der Waals surface area contributed by atoms with Crippen LogP contribution in [0.25, 0.3) is 0 Å². The zero-order valence-electron chi connectivity index (χ0n) is 14.7. The third-order valence-corrected chi connectivity index (χ3v) is 4.11. The number of rotatable bonds is 10. The first-order valence-corrected chi connectivity index (χ1v) is 8.31. The van der Waals surface area contributed by atoms with Gasteiger partial charge in [-0.05, 0) is 31.5 Å². The summed E-state index contributed by atoms with van der Waals surface area (Å²) < 4.78 is 11.5. The third kappa shape index (κ3) is 5.22. The van der Waals surface area contributed by atoms with Crippen LogP contribution in [0.4, 0.5) is 0 Å². The molecular weight excluding hydrogens is 298 g/mol. The molecule has 0 heterocycles. The normalized spacial score (nSPS) is 11.5. The molecule has 0 aliphatic carbocycles. The van der Waals surface area contributed by atoms with E-state index in [0.717, 1.165) is 12.3 Å². The Bertz CT molecular complexity index is 596. The molecule has 0 aliphatic heterocycles. The highest BCUT2D eigenvalue weighted by molar-refractivity contribution is 5.23. The highest BCUT2D eigenvalue weighted by Gasteiger charge is 2.27. The number of ether oxygens (including phenoxy) is 2. The molecule has 0 radical (unpaired) electrons. The molecule has 0 aliphatic rings. The minimum Gasteiger partial charge on any atom is -0.491 e. The van der Waals surface area contributed by atoms with E-state index in [0.29, 0.717) is 19.9 Å². The van der Waals surface area contributed by atoms with E-state index in [2.05, 4.69) is 49.6 Å². The summed E-state index contributed by atoms with van der Waals surface area (Å²) in [6.07, 6.45) is 1.91. The topological polar surface area (TPSA) is 21.7 Å². The summed E-state index contributed by atoms with van der Waals surface area (Å²) in [6, 6.07) is 20.3. The van der Waals surface area contributed by atoms with Gasteiger partial charge in [0.25, 0.3) is 0 Å². The van der Waals surface area contributed by atoms with E-state index in [4.69, 9.17) is 9.47 Å². The summed E-state index contributed by atoms with van der Waals surface area (Å²) in [6.45, 7) is 10.7. The Morgan fingerprint density at radius 3 is 2.21 bits per heavy atom. The lowest BCUT2D eigenvalue weighted by Gasteiger charge is -2.38. The fraction of sp³-hybridized carbons (Fsp3) is 0.333. The van der Waals surface area contributed by atoms with Gasteiger partial charge in [0.2, 0.25) is 0 Å². The number of hydrogen-bond acceptors (Lipinski definition) is 3. The molecule has 0 fully saturated rings. The van der Waals surface area contributed by atoms with Gasteiger partial charge in [0.1, 0.15) is 19.1 Å². The van der Waals surface area contributed by atoms with Crippen LogP contribution in [-0.4, -0.2) is 31.4 Å². The summed E-state index contributed by atoms with van der Waals surface area (Å²) in [7, 11) is 0. The average Bonchev–Trinajstić information content (AvgIpc) is 2.62. The first kappa shape index (κ1) is 18.2. The predicted molar refractivity (Wildman–Crippen MR) is 99.1 cm³/mol. The SMILES string of the molecule is C=CCN(COCCOc1ccccc1)C(C)(C)c1ccccc1. The van der Waals surface area contributed by atoms with E-state index in [1.54, 1.807) is 0 Å². The third-order valence-electron chi connectivity index (χ3n) is 4.11. The molecule has 0 aromatic heterocycles. The van der Waals surface area contributed by atoms with E-state index in [-0.39, 0.29) is 5.54 Å². The number of benzene rings is 2. The first-order chi connectivity index (χ1) is 11.6. The van der Waals surface area contributed by atoms with Crippen molar-refractivity contribution in [3.05, 3.63) is 78.9 Å². The zero-order valence-corrected chi connectivity index (χ0v) is 14.7. The molecule has 2 rings (SSSR count). The van der Waals surface area contributed by atoms with Crippen molar-refractivity contribution >= 4 is 0 Å². The fourth-order valence-electron chi connectivity index (χ4n) is 2.54. The lowest BCUT2D eigenvalue weighted by Crippen LogP contribution is -2.43. The maximum atomic E-state index is 5.83. The Balaban J connectivity index is 1.83. The van der Waals surface area contributed by atoms with Gasteiger partial charge in [-0.1, -0.05) is 54.6 Å². The van der Waals surface area contributed by atoms with E-state index in [9.17, 15) is 0 Å². The molecule has 2 aromatic carbocycles. The van der Waals surface area contributed by atoms with Gasteiger partial charge in [-0.3, -0.25) is 4.90 Å². The minimum atomic E-state index is -0.129. The van der Waals surface area contributed by atoms with Crippen molar-refractivity contribution in [2.24, 2.45) is 0 Å². The average molecular weight is 325 g/mol. The van der Waals surface area contributed by atoms with E-state index in [1.807, 2.05) is 42.5 Å². The predicted octanol–water partition coefficient (Wildman–Crippen LogP) is 4.46. The first-order valence-electron chi connectivity index (χ1n) is 8.31. The Morgan fingerprint density at radius 2 is 1.58 bits per heavy atom. The van der Waals surface area contributed by atoms with Gasteiger partial charge in [0, 0.05) is 12.1 Å². The molecule has 0 unspecified atom stereocenters. The van der Waals surface area contributed by atoms with Gasteiger partial charge < -0.3 is 9.47 Å². The molecular formula is C21H27NO2. The second kappa shape index (κ2) is 9.26. The second-order valence-corrected chi connectivity index (χ2v) is 6.13. The molecule has 0 N–H and O–H groups in total. The molecule has 0 spiro atoms. The highest BCUT2D eigenvalue weighted by Crippen LogP contribution is 2.27. The van der Waals surface area contributed by atoms with Gasteiger partial charge in [0.15, 0.2) is 0 Å². The van der Waals surface area contributed by atoms with E-state index >= 15 is 0 Å². The number of para-hydroxylation sites is 1. The van der Waals surface area contributed by atoms with Crippen LogP contribution in [0.5, 0.6) is 5.75 Å². The monoisotopic (exact) mass is 325 g/mol. The summed E-state index contributed by atoms with van der Waals surface area (Å²) in [4.78, 5) is 2.26. The van der Waals surface area contributed by atoms with Crippen LogP contribution >= 0.6 is 0 Å². The molecule has 0 bridgehead atoms. The zero-order chi connectivity index (χ0) is 17.3. The molecule has 0 saturated heterocycles. The lowest BCUT2D eigenvalue weighted by atomic mass is 9.92. The van der Waals surface area contributed by atoms with Crippen molar-refractivity contribution < 1.29 is 9.47 Å². The largest absolute Gasteiger partial charge is 0.491 e. The maximum Gasteiger partial charge on any atom is 0.119 e. The van der Waals surface area contributed by atoms with Crippen LogP contribution in [0.3, 0.4) is 0 Å². The van der Waals surface area contributed by atoms with Crippen molar-refractivity contribution in [2.75, 3.05) is 26.5 Å². The van der Waals surface area contributed by atoms with Crippen molar-refractivity contribution in [1.82, 2.24) is 4.90 Å². The molecule has 3 heteroatoms. The van der Waals surface area contributed by atoms with Gasteiger partial charge in [0.05, 0.1) is 6.61 Å². The van der Waals surface area contributed by atoms with Crippen molar-refractivity contribution in [2.45, 2.75) is 19.4 Å². The van der Waals surface area contributed by atoms with Crippen molar-refractivity contribution in [3.8, 4) is 5.75 Å². The number of nitrogens with zero attached hydrogens (tertiary/aromatic N) is 1. The van der Waals surface area contributed by atoms with Crippen LogP contribution in [0.1, 0.15) is 19.4 Å². The van der Waals surface area contributed by atoms with Crippen LogP contribution in [-0.2, 0) is 10.3 Å². The van der Waals surface area contributed by atoms with Crippen LogP contribution in [0.2, 0.25) is 0 Å². The standard InChI is InChI=1S/C21H27NO2/c1-4-15-22(21(2,3)19-11-7-5-8-12-19)18-23-16-17-24-20-13-9-6-10-14-20/h4-14H,1,15-18H2,2-3H3. The Labute approximate surface area is 145 Å². The second-order valence-electron chi connectivity index (χ2n) is 6.13. The van der Waals surface area contributed by atoms with Crippen molar-refractivity contribution in [3.63, 3.8) is 0 Å². The van der Waals surface area contributed by atoms with Crippen molar-refractivity contribution in [1.29, 1.82) is 0 Å². The molecule has 0 saturated carbocycles. The summed E-state index contributed by atoms with van der Waals surface area (Å²) in [5.74, 6) is 0.869. The summed E-state index contributed by atoms with van der Waals surface area (Å²) in [5.41, 5.74) is 1.13. The van der Waals surface area contributed by atoms with Crippen LogP contribution in [0.15, 0.2) is 73.3 Å². The van der Waals surface area contributed by atoms with Gasteiger partial charge in [-0.25, -0.2) is 0 Å². The molecule has 128 valence electrons. The molecule has 0 atom stereocenters.